The van der Waals surface area contributed by atoms with Crippen molar-refractivity contribution in [2.45, 2.75) is 33.3 Å². The Morgan fingerprint density at radius 1 is 1.55 bits per heavy atom. The first-order chi connectivity index (χ1) is 4.95. The van der Waals surface area contributed by atoms with E-state index in [9.17, 15) is 4.79 Å². The predicted molar refractivity (Wildman–Crippen MR) is 47.5 cm³/mol. The molecule has 3 nitrogen and oxygen atoms in total. The molecule has 0 heterocycles. The number of carbonyl (C=O) groups is 1. The van der Waals surface area contributed by atoms with Gasteiger partial charge < -0.3 is 4.74 Å². The maximum atomic E-state index is 10.9. The average molecular weight is 177 g/mol. The van der Waals surface area contributed by atoms with E-state index in [1.54, 1.807) is 0 Å². The molecule has 0 fully saturated rings. The van der Waals surface area contributed by atoms with Gasteiger partial charge in [0.1, 0.15) is 5.60 Å². The fraction of sp³-hybridized carbons (Fsp3) is 0.857. The number of carbonyl (C=O) groups excluding carboxylic acids is 1. The van der Waals surface area contributed by atoms with Crippen molar-refractivity contribution < 1.29 is 9.53 Å². The number of ether oxygens (including phenoxy) is 1. The van der Waals surface area contributed by atoms with Gasteiger partial charge in [-0.2, -0.15) is 0 Å². The van der Waals surface area contributed by atoms with E-state index in [4.69, 9.17) is 4.74 Å². The molecule has 0 aromatic rings. The van der Waals surface area contributed by atoms with Crippen LogP contribution >= 0.6 is 11.9 Å². The largest absolute Gasteiger partial charge is 0.443 e. The van der Waals surface area contributed by atoms with Gasteiger partial charge in [0.25, 0.3) is 0 Å². The molecule has 66 valence electrons. The fourth-order valence-electron chi connectivity index (χ4n) is 0.430. The first-order valence-electron chi connectivity index (χ1n) is 3.56. The number of rotatable bonds is 2. The Morgan fingerprint density at radius 2 is 2.09 bits per heavy atom. The van der Waals surface area contributed by atoms with Crippen LogP contribution in [0.15, 0.2) is 0 Å². The predicted octanol–water partition coefficient (Wildman–Crippen LogP) is 2.18. The second-order valence-corrected chi connectivity index (χ2v) is 4.11. The first kappa shape index (κ1) is 10.6. The fourth-order valence-corrected chi connectivity index (χ4v) is 0.734. The van der Waals surface area contributed by atoms with Crippen molar-refractivity contribution in [1.29, 1.82) is 0 Å². The quantitative estimate of drug-likeness (QED) is 0.657. The van der Waals surface area contributed by atoms with Gasteiger partial charge in [0.2, 0.25) is 0 Å². The Labute approximate surface area is 72.0 Å². The van der Waals surface area contributed by atoms with E-state index in [2.05, 4.69) is 4.72 Å². The Bertz CT molecular complexity index is 131. The minimum Gasteiger partial charge on any atom is -0.443 e. The molecule has 0 unspecified atom stereocenters. The van der Waals surface area contributed by atoms with E-state index in [0.717, 1.165) is 5.75 Å². The summed E-state index contributed by atoms with van der Waals surface area (Å²) in [4.78, 5) is 10.9. The zero-order valence-electron chi connectivity index (χ0n) is 7.43. The molecule has 0 aliphatic heterocycles. The molecule has 0 aliphatic carbocycles. The first-order valence-corrected chi connectivity index (χ1v) is 4.55. The molecule has 0 aromatic carbocycles. The molecule has 11 heavy (non-hydrogen) atoms. The third kappa shape index (κ3) is 7.52. The van der Waals surface area contributed by atoms with E-state index in [1.165, 1.54) is 11.9 Å². The van der Waals surface area contributed by atoms with Gasteiger partial charge in [0.15, 0.2) is 0 Å². The summed E-state index contributed by atoms with van der Waals surface area (Å²) in [5.41, 5.74) is -0.404. The van der Waals surface area contributed by atoms with Crippen LogP contribution in [0.2, 0.25) is 0 Å². The van der Waals surface area contributed by atoms with Crippen LogP contribution in [-0.4, -0.2) is 17.4 Å². The zero-order chi connectivity index (χ0) is 8.91. The summed E-state index contributed by atoms with van der Waals surface area (Å²) in [6.45, 7) is 7.47. The molecule has 0 bridgehead atoms. The maximum Gasteiger partial charge on any atom is 0.417 e. The van der Waals surface area contributed by atoms with Gasteiger partial charge in [0, 0.05) is 5.75 Å². The molecule has 0 atom stereocenters. The molecule has 0 spiro atoms. The van der Waals surface area contributed by atoms with Gasteiger partial charge in [-0.05, 0) is 32.7 Å². The number of amides is 1. The Hall–Kier alpha value is -0.380. The second-order valence-electron chi connectivity index (χ2n) is 3.04. The van der Waals surface area contributed by atoms with Crippen LogP contribution in [0.25, 0.3) is 0 Å². The van der Waals surface area contributed by atoms with Crippen LogP contribution in [0.3, 0.4) is 0 Å². The monoisotopic (exact) mass is 177 g/mol. The summed E-state index contributed by atoms with van der Waals surface area (Å²) in [5.74, 6) is 0.846. The van der Waals surface area contributed by atoms with Gasteiger partial charge in [-0.1, -0.05) is 6.92 Å². The SMILES string of the molecule is CCSNC(=O)OC(C)(C)C. The zero-order valence-corrected chi connectivity index (χ0v) is 8.25. The smallest absolute Gasteiger partial charge is 0.417 e. The third-order valence-electron chi connectivity index (χ3n) is 0.699. The van der Waals surface area contributed by atoms with E-state index in [1.807, 2.05) is 27.7 Å². The molecular weight excluding hydrogens is 162 g/mol. The molecular formula is C7H15NO2S. The summed E-state index contributed by atoms with van der Waals surface area (Å²) in [7, 11) is 0. The molecule has 4 heteroatoms. The van der Waals surface area contributed by atoms with E-state index in [0.29, 0.717) is 0 Å². The van der Waals surface area contributed by atoms with Crippen LogP contribution in [-0.2, 0) is 4.74 Å². The second kappa shape index (κ2) is 4.49. The van der Waals surface area contributed by atoms with Crippen molar-refractivity contribution in [3.8, 4) is 0 Å². The number of hydrogen-bond acceptors (Lipinski definition) is 3. The van der Waals surface area contributed by atoms with Crippen LogP contribution in [0.4, 0.5) is 4.79 Å². The van der Waals surface area contributed by atoms with Crippen molar-refractivity contribution in [2.24, 2.45) is 0 Å². The summed E-state index contributed by atoms with van der Waals surface area (Å²) in [6, 6.07) is 0. The van der Waals surface area contributed by atoms with Gasteiger partial charge >= 0.3 is 6.09 Å². The third-order valence-corrected chi connectivity index (χ3v) is 1.30. The molecule has 1 amide bonds. The average Bonchev–Trinajstić information content (AvgIpc) is 1.79. The van der Waals surface area contributed by atoms with Crippen molar-refractivity contribution in [3.63, 3.8) is 0 Å². The van der Waals surface area contributed by atoms with Crippen LogP contribution in [0.5, 0.6) is 0 Å². The molecule has 1 N–H and O–H groups in total. The lowest BCUT2D eigenvalue weighted by Gasteiger charge is -2.19. The van der Waals surface area contributed by atoms with Crippen LogP contribution in [0.1, 0.15) is 27.7 Å². The van der Waals surface area contributed by atoms with Gasteiger partial charge in [-0.15, -0.1) is 0 Å². The summed E-state index contributed by atoms with van der Waals surface area (Å²) >= 11 is 1.33. The minimum atomic E-state index is -0.404. The van der Waals surface area contributed by atoms with Crippen LogP contribution in [0, 0.1) is 0 Å². The lowest BCUT2D eigenvalue weighted by atomic mass is 10.2. The maximum absolute atomic E-state index is 10.9. The molecule has 0 rings (SSSR count). The van der Waals surface area contributed by atoms with Gasteiger partial charge in [0.05, 0.1) is 0 Å². The minimum absolute atomic E-state index is 0.371. The Morgan fingerprint density at radius 3 is 2.45 bits per heavy atom. The lowest BCUT2D eigenvalue weighted by Crippen LogP contribution is -2.29. The topological polar surface area (TPSA) is 38.3 Å². The molecule has 0 aliphatic rings. The standard InChI is InChI=1S/C7H15NO2S/c1-5-11-8-6(9)10-7(2,3)4/h5H2,1-4H3,(H,8,9). The highest BCUT2D eigenvalue weighted by atomic mass is 32.2. The Balaban J connectivity index is 3.53. The summed E-state index contributed by atoms with van der Waals surface area (Å²) < 4.78 is 7.51. The van der Waals surface area contributed by atoms with Crippen LogP contribution < -0.4 is 4.72 Å². The summed E-state index contributed by atoms with van der Waals surface area (Å²) in [6.07, 6.45) is -0.371. The normalized spacial score (nSPS) is 10.9. The van der Waals surface area contributed by atoms with E-state index >= 15 is 0 Å². The van der Waals surface area contributed by atoms with Crippen molar-refractivity contribution in [2.75, 3.05) is 5.75 Å². The summed E-state index contributed by atoms with van der Waals surface area (Å²) in [5, 5.41) is 0. The number of nitrogens with one attached hydrogen (secondary N) is 1. The molecule has 0 radical (unpaired) electrons. The van der Waals surface area contributed by atoms with E-state index < -0.39 is 5.60 Å². The lowest BCUT2D eigenvalue weighted by molar-refractivity contribution is 0.0575. The van der Waals surface area contributed by atoms with E-state index in [-0.39, 0.29) is 6.09 Å². The highest BCUT2D eigenvalue weighted by Gasteiger charge is 2.15. The molecule has 0 aromatic heterocycles. The van der Waals surface area contributed by atoms with Crippen molar-refractivity contribution >= 4 is 18.0 Å². The highest BCUT2D eigenvalue weighted by molar-refractivity contribution is 7.97. The molecule has 0 saturated carbocycles. The van der Waals surface area contributed by atoms with Gasteiger partial charge in [-0.3, -0.25) is 4.72 Å². The van der Waals surface area contributed by atoms with Gasteiger partial charge in [-0.25, -0.2) is 4.79 Å². The van der Waals surface area contributed by atoms with Crippen molar-refractivity contribution in [1.82, 2.24) is 4.72 Å². The number of hydrogen-bond donors (Lipinski definition) is 1. The van der Waals surface area contributed by atoms with Crippen molar-refractivity contribution in [3.05, 3.63) is 0 Å². The molecule has 0 saturated heterocycles. The highest BCUT2D eigenvalue weighted by Crippen LogP contribution is 2.07. The Kier molecular flexibility index (Phi) is 4.33.